The lowest BCUT2D eigenvalue weighted by atomic mass is 10.1. The number of nitrogens with zero attached hydrogens (tertiary/aromatic N) is 3. The number of hydrogen-bond donors (Lipinski definition) is 6. The first-order valence-electron chi connectivity index (χ1n) is 10.7. The summed E-state index contributed by atoms with van der Waals surface area (Å²) in [5, 5.41) is 11.7. The molecule has 0 unspecified atom stereocenters. The molecule has 0 fully saturated rings. The highest BCUT2D eigenvalue weighted by molar-refractivity contribution is 6.32. The predicted molar refractivity (Wildman–Crippen MR) is 139 cm³/mol. The van der Waals surface area contributed by atoms with E-state index in [1.807, 2.05) is 6.92 Å². The molecule has 0 saturated carbocycles. The average molecular weight is 498 g/mol. The Bertz CT molecular complexity index is 1290. The first kappa shape index (κ1) is 25.5. The summed E-state index contributed by atoms with van der Waals surface area (Å²) in [7, 11) is 1.64. The molecule has 3 rings (SSSR count). The maximum atomic E-state index is 13.4. The van der Waals surface area contributed by atoms with Crippen LogP contribution in [0, 0.1) is 5.41 Å². The lowest BCUT2D eigenvalue weighted by Gasteiger charge is -2.21. The number of benzene rings is 2. The SMILES string of the molecule is CCNN(C)c1nc(Cl)c(-c2cc(N)cc(N)c2)n(CC(=O)NCc2ccc(C(=N)N)cc2)c1=O. The number of carbonyl (C=O) groups is 1. The molecule has 184 valence electrons. The van der Waals surface area contributed by atoms with E-state index in [2.05, 4.69) is 15.7 Å². The molecular weight excluding hydrogens is 470 g/mol. The lowest BCUT2D eigenvalue weighted by Crippen LogP contribution is -2.42. The molecule has 0 saturated heterocycles. The number of carbonyl (C=O) groups excluding carboxylic acids is 1. The van der Waals surface area contributed by atoms with Crippen LogP contribution in [0.25, 0.3) is 11.3 Å². The topological polar surface area (TPSA) is 181 Å². The second kappa shape index (κ2) is 10.9. The van der Waals surface area contributed by atoms with Crippen molar-refractivity contribution in [2.75, 3.05) is 30.1 Å². The van der Waals surface area contributed by atoms with E-state index in [4.69, 9.17) is 34.2 Å². The van der Waals surface area contributed by atoms with Crippen molar-refractivity contribution in [3.05, 3.63) is 69.1 Å². The Morgan fingerprint density at radius 3 is 2.37 bits per heavy atom. The third kappa shape index (κ3) is 6.08. The molecule has 0 spiro atoms. The Balaban J connectivity index is 1.96. The fourth-order valence-electron chi connectivity index (χ4n) is 3.50. The molecule has 2 aromatic carbocycles. The van der Waals surface area contributed by atoms with E-state index in [1.54, 1.807) is 49.5 Å². The maximum Gasteiger partial charge on any atom is 0.295 e. The Labute approximate surface area is 207 Å². The highest BCUT2D eigenvalue weighted by atomic mass is 35.5. The molecular formula is C23H28ClN9O2. The normalized spacial score (nSPS) is 10.7. The molecule has 11 nitrogen and oxygen atoms in total. The van der Waals surface area contributed by atoms with Gasteiger partial charge in [-0.3, -0.25) is 24.6 Å². The van der Waals surface area contributed by atoms with Gasteiger partial charge in [0.2, 0.25) is 11.7 Å². The number of amides is 1. The molecule has 0 radical (unpaired) electrons. The third-order valence-electron chi connectivity index (χ3n) is 5.13. The summed E-state index contributed by atoms with van der Waals surface area (Å²) in [6.45, 7) is 2.32. The molecule has 1 amide bonds. The van der Waals surface area contributed by atoms with Gasteiger partial charge in [0.05, 0.1) is 5.69 Å². The van der Waals surface area contributed by atoms with Gasteiger partial charge in [0.15, 0.2) is 5.15 Å². The fraction of sp³-hybridized carbons (Fsp3) is 0.217. The number of nitrogens with one attached hydrogen (secondary N) is 3. The molecule has 1 heterocycles. The number of hydrogen-bond acceptors (Lipinski definition) is 8. The predicted octanol–water partition coefficient (Wildman–Crippen LogP) is 1.29. The van der Waals surface area contributed by atoms with Crippen LogP contribution in [0.2, 0.25) is 5.15 Å². The van der Waals surface area contributed by atoms with Crippen LogP contribution < -0.4 is 38.5 Å². The van der Waals surface area contributed by atoms with E-state index in [-0.39, 0.29) is 35.6 Å². The summed E-state index contributed by atoms with van der Waals surface area (Å²) >= 11 is 6.52. The highest BCUT2D eigenvalue weighted by Crippen LogP contribution is 2.30. The lowest BCUT2D eigenvalue weighted by molar-refractivity contribution is -0.121. The van der Waals surface area contributed by atoms with E-state index in [1.165, 1.54) is 9.58 Å². The third-order valence-corrected chi connectivity index (χ3v) is 5.39. The summed E-state index contributed by atoms with van der Waals surface area (Å²) < 4.78 is 1.25. The van der Waals surface area contributed by atoms with Gasteiger partial charge >= 0.3 is 0 Å². The molecule has 35 heavy (non-hydrogen) atoms. The van der Waals surface area contributed by atoms with Crippen LogP contribution in [0.5, 0.6) is 0 Å². The van der Waals surface area contributed by atoms with Crippen molar-refractivity contribution in [3.63, 3.8) is 0 Å². The Morgan fingerprint density at radius 2 is 1.80 bits per heavy atom. The second-order valence-electron chi connectivity index (χ2n) is 7.81. The van der Waals surface area contributed by atoms with Gasteiger partial charge in [0.1, 0.15) is 12.4 Å². The zero-order chi connectivity index (χ0) is 25.7. The largest absolute Gasteiger partial charge is 0.399 e. The van der Waals surface area contributed by atoms with Crippen molar-refractivity contribution in [3.8, 4) is 11.3 Å². The summed E-state index contributed by atoms with van der Waals surface area (Å²) in [6.07, 6.45) is 0. The van der Waals surface area contributed by atoms with E-state index >= 15 is 0 Å². The van der Waals surface area contributed by atoms with E-state index in [0.717, 1.165) is 5.56 Å². The van der Waals surface area contributed by atoms with Crippen LogP contribution in [0.4, 0.5) is 17.2 Å². The minimum Gasteiger partial charge on any atom is -0.399 e. The molecule has 3 aromatic rings. The molecule has 0 aliphatic rings. The van der Waals surface area contributed by atoms with Crippen molar-refractivity contribution in [2.45, 2.75) is 20.0 Å². The fourth-order valence-corrected chi connectivity index (χ4v) is 3.79. The minimum absolute atomic E-state index is 0.0157. The van der Waals surface area contributed by atoms with Crippen LogP contribution in [0.1, 0.15) is 18.1 Å². The molecule has 1 aromatic heterocycles. The standard InChI is InChI=1S/C23H28ClN9O2/c1-3-30-32(2)22-23(35)33(19(20(24)31-22)15-8-16(25)10-17(26)9-15)12-18(34)29-11-13-4-6-14(7-5-13)21(27)28/h4-10,30H,3,11-12,25-26H2,1-2H3,(H3,27,28)(H,29,34). The second-order valence-corrected chi connectivity index (χ2v) is 8.17. The minimum atomic E-state index is -0.519. The van der Waals surface area contributed by atoms with Crippen molar-refractivity contribution < 1.29 is 4.79 Å². The molecule has 0 aliphatic heterocycles. The Morgan fingerprint density at radius 1 is 1.17 bits per heavy atom. The zero-order valence-corrected chi connectivity index (χ0v) is 20.2. The van der Waals surface area contributed by atoms with Gasteiger partial charge in [-0.2, -0.15) is 0 Å². The molecule has 12 heteroatoms. The maximum absolute atomic E-state index is 13.4. The summed E-state index contributed by atoms with van der Waals surface area (Å²) in [6, 6.07) is 11.7. The van der Waals surface area contributed by atoms with Crippen LogP contribution >= 0.6 is 11.6 Å². The number of nitrogens with two attached hydrogens (primary N) is 3. The number of aromatic nitrogens is 2. The average Bonchev–Trinajstić information content (AvgIpc) is 2.79. The van der Waals surface area contributed by atoms with Crippen molar-refractivity contribution in [1.29, 1.82) is 5.41 Å². The van der Waals surface area contributed by atoms with Gasteiger partial charge in [-0.25, -0.2) is 10.4 Å². The number of rotatable bonds is 9. The number of nitrogen functional groups attached to an aromatic ring is 3. The summed E-state index contributed by atoms with van der Waals surface area (Å²) in [5.41, 5.74) is 22.7. The van der Waals surface area contributed by atoms with Crippen LogP contribution in [0.15, 0.2) is 47.3 Å². The van der Waals surface area contributed by atoms with Crippen LogP contribution in [0.3, 0.4) is 0 Å². The van der Waals surface area contributed by atoms with Gasteiger partial charge in [-0.05, 0) is 23.8 Å². The summed E-state index contributed by atoms with van der Waals surface area (Å²) in [4.78, 5) is 30.5. The first-order chi connectivity index (χ1) is 16.6. The molecule has 0 atom stereocenters. The van der Waals surface area contributed by atoms with Crippen molar-refractivity contribution >= 4 is 40.5 Å². The van der Waals surface area contributed by atoms with E-state index in [9.17, 15) is 9.59 Å². The van der Waals surface area contributed by atoms with E-state index in [0.29, 0.717) is 29.0 Å². The monoisotopic (exact) mass is 497 g/mol. The number of halogens is 1. The zero-order valence-electron chi connectivity index (χ0n) is 19.4. The van der Waals surface area contributed by atoms with E-state index < -0.39 is 11.5 Å². The first-order valence-corrected chi connectivity index (χ1v) is 11.1. The Hall–Kier alpha value is -4.09. The van der Waals surface area contributed by atoms with Gasteiger partial charge in [0, 0.05) is 42.6 Å². The molecule has 0 bridgehead atoms. The van der Waals surface area contributed by atoms with Crippen molar-refractivity contribution in [1.82, 2.24) is 20.3 Å². The summed E-state index contributed by atoms with van der Waals surface area (Å²) in [5.74, 6) is -0.423. The number of hydrazine groups is 1. The quantitative estimate of drug-likeness (QED) is 0.111. The van der Waals surface area contributed by atoms with Crippen LogP contribution in [-0.2, 0) is 17.9 Å². The highest BCUT2D eigenvalue weighted by Gasteiger charge is 2.21. The smallest absolute Gasteiger partial charge is 0.295 e. The van der Waals surface area contributed by atoms with Gasteiger partial charge in [-0.1, -0.05) is 42.8 Å². The van der Waals surface area contributed by atoms with Gasteiger partial charge in [-0.15, -0.1) is 0 Å². The van der Waals surface area contributed by atoms with Gasteiger partial charge in [0.25, 0.3) is 5.56 Å². The van der Waals surface area contributed by atoms with Crippen LogP contribution in [-0.4, -0.2) is 34.9 Å². The number of amidine groups is 1. The molecule has 0 aliphatic carbocycles. The number of anilines is 3. The Kier molecular flexibility index (Phi) is 7.94. The van der Waals surface area contributed by atoms with Crippen molar-refractivity contribution in [2.24, 2.45) is 5.73 Å². The van der Waals surface area contributed by atoms with Gasteiger partial charge < -0.3 is 22.5 Å². The molecule has 9 N–H and O–H groups in total.